The first-order valence-electron chi connectivity index (χ1n) is 16.0. The van der Waals surface area contributed by atoms with Gasteiger partial charge in [0.05, 0.1) is 24.1 Å². The van der Waals surface area contributed by atoms with Crippen LogP contribution in [0.1, 0.15) is 84.8 Å². The number of aromatic nitrogens is 1. The second-order valence-corrected chi connectivity index (χ2v) is 15.9. The van der Waals surface area contributed by atoms with Crippen molar-refractivity contribution in [3.05, 3.63) is 23.7 Å². The van der Waals surface area contributed by atoms with Crippen LogP contribution in [0, 0.1) is 34.0 Å². The van der Waals surface area contributed by atoms with Crippen LogP contribution in [-0.2, 0) is 24.9 Å². The van der Waals surface area contributed by atoms with Crippen LogP contribution in [0.25, 0.3) is 0 Å². The van der Waals surface area contributed by atoms with Gasteiger partial charge in [0, 0.05) is 34.3 Å². The van der Waals surface area contributed by atoms with Crippen molar-refractivity contribution in [1.82, 2.24) is 9.88 Å². The van der Waals surface area contributed by atoms with Crippen LogP contribution >= 0.6 is 23.1 Å². The van der Waals surface area contributed by atoms with Gasteiger partial charge in [-0.15, -0.1) is 29.7 Å². The van der Waals surface area contributed by atoms with Crippen molar-refractivity contribution in [2.75, 3.05) is 30.7 Å². The minimum absolute atomic E-state index is 0.0422. The molecule has 5 rings (SSSR count). The number of thioether (sulfide) groups is 1. The number of thiazole rings is 1. The topological polar surface area (TPSA) is 109 Å². The average molecular weight is 632 g/mol. The number of ketones is 1. The van der Waals surface area contributed by atoms with Gasteiger partial charge < -0.3 is 15.2 Å². The first kappa shape index (κ1) is 32.6. The molecule has 238 valence electrons. The minimum Gasteiger partial charge on any atom is -0.461 e. The second-order valence-electron chi connectivity index (χ2n) is 14.1. The highest BCUT2D eigenvalue weighted by Gasteiger charge is 2.68. The SMILES string of the molecule is C=C[C@]1(C)C[C@@H](OC(=O)CSCc2csc(NC(=O)CN3CCCCC3)n2)[C@]2(C)C(C)CC[C@]3(CCC(=O)[C@H]32)[C@@H](C)[C@@H]1O. The smallest absolute Gasteiger partial charge is 0.316 e. The van der Waals surface area contributed by atoms with E-state index in [1.165, 1.54) is 29.5 Å². The number of esters is 1. The Balaban J connectivity index is 1.23. The Morgan fingerprint density at radius 2 is 2.00 bits per heavy atom. The van der Waals surface area contributed by atoms with E-state index >= 15 is 0 Å². The Morgan fingerprint density at radius 3 is 2.72 bits per heavy atom. The summed E-state index contributed by atoms with van der Waals surface area (Å²) in [5.41, 5.74) is -0.629. The van der Waals surface area contributed by atoms with E-state index in [0.717, 1.165) is 50.9 Å². The summed E-state index contributed by atoms with van der Waals surface area (Å²) >= 11 is 2.83. The van der Waals surface area contributed by atoms with Crippen molar-refractivity contribution in [3.63, 3.8) is 0 Å². The summed E-state index contributed by atoms with van der Waals surface area (Å²) in [5, 5.41) is 17.1. The third-order valence-electron chi connectivity index (χ3n) is 11.7. The molecule has 2 N–H and O–H groups in total. The molecule has 1 aliphatic heterocycles. The highest BCUT2D eigenvalue weighted by atomic mass is 32.2. The van der Waals surface area contributed by atoms with E-state index in [1.54, 1.807) is 0 Å². The first-order chi connectivity index (χ1) is 20.4. The minimum atomic E-state index is -0.675. The molecule has 1 unspecified atom stereocenters. The maximum atomic E-state index is 13.6. The number of aliphatic hydroxyl groups is 1. The molecule has 2 bridgehead atoms. The number of nitrogens with zero attached hydrogens (tertiary/aromatic N) is 2. The molecular weight excluding hydrogens is 583 g/mol. The summed E-state index contributed by atoms with van der Waals surface area (Å²) in [6.07, 6.45) is 7.77. The molecule has 0 radical (unpaired) electrons. The van der Waals surface area contributed by atoms with Crippen molar-refractivity contribution in [1.29, 1.82) is 0 Å². The summed E-state index contributed by atoms with van der Waals surface area (Å²) in [5.74, 6) is 0.500. The Morgan fingerprint density at radius 1 is 1.26 bits per heavy atom. The number of anilines is 1. The van der Waals surface area contributed by atoms with E-state index in [9.17, 15) is 19.5 Å². The molecule has 43 heavy (non-hydrogen) atoms. The average Bonchev–Trinajstić information content (AvgIpc) is 3.58. The van der Waals surface area contributed by atoms with Crippen LogP contribution in [0.4, 0.5) is 5.13 Å². The second kappa shape index (κ2) is 12.9. The summed E-state index contributed by atoms with van der Waals surface area (Å²) in [6, 6.07) is 0. The molecule has 4 fully saturated rings. The molecular formula is C33H49N3O5S2. The van der Waals surface area contributed by atoms with E-state index in [-0.39, 0.29) is 46.6 Å². The van der Waals surface area contributed by atoms with Crippen molar-refractivity contribution in [3.8, 4) is 0 Å². The molecule has 1 aromatic rings. The van der Waals surface area contributed by atoms with Crippen molar-refractivity contribution in [2.45, 2.75) is 97.0 Å². The fourth-order valence-electron chi connectivity index (χ4n) is 8.84. The normalized spacial score (nSPS) is 38.1. The molecule has 10 heteroatoms. The van der Waals surface area contributed by atoms with E-state index in [2.05, 4.69) is 42.6 Å². The molecule has 2 heterocycles. The van der Waals surface area contributed by atoms with Gasteiger partial charge in [-0.2, -0.15) is 0 Å². The van der Waals surface area contributed by atoms with Crippen LogP contribution in [0.3, 0.4) is 0 Å². The van der Waals surface area contributed by atoms with Gasteiger partial charge in [-0.1, -0.05) is 40.2 Å². The maximum Gasteiger partial charge on any atom is 0.316 e. The monoisotopic (exact) mass is 631 g/mol. The Labute approximate surface area is 264 Å². The summed E-state index contributed by atoms with van der Waals surface area (Å²) in [7, 11) is 0. The van der Waals surface area contributed by atoms with Crippen molar-refractivity contribution >= 4 is 45.9 Å². The number of hydrogen-bond donors (Lipinski definition) is 2. The maximum absolute atomic E-state index is 13.6. The largest absolute Gasteiger partial charge is 0.461 e. The fourth-order valence-corrected chi connectivity index (χ4v) is 10.4. The summed E-state index contributed by atoms with van der Waals surface area (Å²) in [4.78, 5) is 46.1. The number of likely N-dealkylation sites (tertiary alicyclic amines) is 1. The number of Topliss-reactive ketones (excluding diaryl/α,β-unsaturated/α-hetero) is 1. The van der Waals surface area contributed by atoms with Gasteiger partial charge in [0.15, 0.2) is 5.13 Å². The molecule has 3 aliphatic carbocycles. The zero-order valence-electron chi connectivity index (χ0n) is 26.2. The molecule has 8 nitrogen and oxygen atoms in total. The van der Waals surface area contributed by atoms with Crippen molar-refractivity contribution < 1.29 is 24.2 Å². The lowest BCUT2D eigenvalue weighted by molar-refractivity contribution is -0.205. The number of ether oxygens (including phenoxy) is 1. The summed E-state index contributed by atoms with van der Waals surface area (Å²) < 4.78 is 6.34. The summed E-state index contributed by atoms with van der Waals surface area (Å²) in [6.45, 7) is 14.9. The Kier molecular flexibility index (Phi) is 9.81. The van der Waals surface area contributed by atoms with Gasteiger partial charge in [-0.25, -0.2) is 4.98 Å². The van der Waals surface area contributed by atoms with Gasteiger partial charge in [0.2, 0.25) is 5.91 Å². The van der Waals surface area contributed by atoms with E-state index in [4.69, 9.17) is 4.74 Å². The highest BCUT2D eigenvalue weighted by Crippen LogP contribution is 2.68. The lowest BCUT2D eigenvalue weighted by Gasteiger charge is -2.61. The molecule has 4 aliphatic rings. The van der Waals surface area contributed by atoms with Crippen molar-refractivity contribution in [2.24, 2.45) is 34.0 Å². The van der Waals surface area contributed by atoms with E-state index in [1.807, 2.05) is 18.4 Å². The number of carbonyl (C=O) groups is 3. The number of aliphatic hydroxyl groups excluding tert-OH is 1. The van der Waals surface area contributed by atoms with Crippen LogP contribution in [0.15, 0.2) is 18.0 Å². The van der Waals surface area contributed by atoms with Crippen LogP contribution in [0.2, 0.25) is 0 Å². The molecule has 1 amide bonds. The van der Waals surface area contributed by atoms with E-state index < -0.39 is 23.0 Å². The standard InChI is InChI=1S/C33H49N3O5S2/c1-6-31(4)16-25(32(5)21(2)10-12-33(22(3)29(31)40)13-11-24(37)28(32)33)41-27(39)20-42-18-23-19-43-30(34-23)35-26(38)17-36-14-8-7-9-15-36/h6,19,21-22,25,28-29,40H,1,7-18,20H2,2-5H3,(H,34,35,38)/t21?,22-,25+,28-,29-,31+,32-,33-/m0/s1. The molecule has 0 aromatic carbocycles. The highest BCUT2D eigenvalue weighted by molar-refractivity contribution is 7.99. The lowest BCUT2D eigenvalue weighted by Crippen LogP contribution is -2.63. The fraction of sp³-hybridized carbons (Fsp3) is 0.758. The number of amides is 1. The molecule has 1 aromatic heterocycles. The third kappa shape index (κ3) is 6.23. The number of carbonyl (C=O) groups excluding carboxylic acids is 3. The quantitative estimate of drug-likeness (QED) is 0.264. The van der Waals surface area contributed by atoms with E-state index in [0.29, 0.717) is 30.3 Å². The Bertz CT molecular complexity index is 1220. The van der Waals surface area contributed by atoms with Gasteiger partial charge >= 0.3 is 5.97 Å². The van der Waals surface area contributed by atoms with Gasteiger partial charge in [-0.3, -0.25) is 19.3 Å². The van der Waals surface area contributed by atoms with Crippen LogP contribution < -0.4 is 5.32 Å². The van der Waals surface area contributed by atoms with Crippen LogP contribution in [-0.4, -0.2) is 70.2 Å². The molecule has 0 spiro atoms. The number of hydrogen-bond acceptors (Lipinski definition) is 9. The zero-order chi connectivity index (χ0) is 31.0. The predicted octanol–water partition coefficient (Wildman–Crippen LogP) is 5.71. The zero-order valence-corrected chi connectivity index (χ0v) is 27.9. The first-order valence-corrected chi connectivity index (χ1v) is 18.0. The lowest BCUT2D eigenvalue weighted by atomic mass is 9.44. The van der Waals surface area contributed by atoms with Gasteiger partial charge in [0.25, 0.3) is 0 Å². The third-order valence-corrected chi connectivity index (χ3v) is 13.4. The number of rotatable bonds is 9. The number of piperidine rings is 1. The van der Waals surface area contributed by atoms with Crippen LogP contribution in [0.5, 0.6) is 0 Å². The van der Waals surface area contributed by atoms with Gasteiger partial charge in [-0.05, 0) is 68.9 Å². The number of nitrogens with one attached hydrogen (secondary N) is 1. The molecule has 8 atom stereocenters. The molecule has 1 saturated heterocycles. The predicted molar refractivity (Wildman–Crippen MR) is 172 cm³/mol. The Hall–Kier alpha value is -1.75. The van der Waals surface area contributed by atoms with Gasteiger partial charge in [0.1, 0.15) is 11.9 Å². The molecule has 3 saturated carbocycles.